The van der Waals surface area contributed by atoms with Crippen LogP contribution in [0.25, 0.3) is 0 Å². The summed E-state index contributed by atoms with van der Waals surface area (Å²) in [6, 6.07) is 5.78. The number of hydrogen-bond donors (Lipinski definition) is 1. The molecule has 1 N–H and O–H groups in total. The van der Waals surface area contributed by atoms with E-state index in [0.717, 1.165) is 49.9 Å². The van der Waals surface area contributed by atoms with E-state index >= 15 is 0 Å². The van der Waals surface area contributed by atoms with E-state index in [4.69, 9.17) is 14.8 Å². The average Bonchev–Trinajstić information content (AvgIpc) is 3.20. The van der Waals surface area contributed by atoms with Gasteiger partial charge in [0.05, 0.1) is 0 Å². The second-order valence-electron chi connectivity index (χ2n) is 9.51. The fourth-order valence-electron chi connectivity index (χ4n) is 5.64. The third kappa shape index (κ3) is 4.00. The number of piperidine rings is 1. The molecule has 8 nitrogen and oxygen atoms in total. The maximum Gasteiger partial charge on any atom is 0.242 e. The number of nitrogens with zero attached hydrogens (tertiary/aromatic N) is 6. The Kier molecular flexibility index (Phi) is 5.40. The van der Waals surface area contributed by atoms with Crippen molar-refractivity contribution in [3.63, 3.8) is 0 Å². The van der Waals surface area contributed by atoms with Crippen molar-refractivity contribution < 1.29 is 13.5 Å². The van der Waals surface area contributed by atoms with Gasteiger partial charge in [-0.3, -0.25) is 0 Å². The summed E-state index contributed by atoms with van der Waals surface area (Å²) < 4.78 is 35.5. The van der Waals surface area contributed by atoms with Gasteiger partial charge in [-0.1, -0.05) is 0 Å². The van der Waals surface area contributed by atoms with Crippen LogP contribution < -0.4 is 10.2 Å². The molecule has 3 aliphatic rings. The summed E-state index contributed by atoms with van der Waals surface area (Å²) in [4.78, 5) is 15.8. The smallest absolute Gasteiger partial charge is 0.242 e. The number of anilines is 2. The van der Waals surface area contributed by atoms with E-state index in [-0.39, 0.29) is 6.04 Å². The van der Waals surface area contributed by atoms with E-state index in [2.05, 4.69) is 20.2 Å². The number of benzene rings is 1. The van der Waals surface area contributed by atoms with Crippen LogP contribution in [0.15, 0.2) is 30.6 Å². The maximum atomic E-state index is 13.9. The van der Waals surface area contributed by atoms with Gasteiger partial charge in [-0.15, -0.1) is 5.10 Å². The van der Waals surface area contributed by atoms with E-state index in [0.29, 0.717) is 42.3 Å². The average molecular weight is 468 g/mol. The quantitative estimate of drug-likeness (QED) is 0.629. The molecular weight excluding hydrogens is 440 g/mol. The van der Waals surface area contributed by atoms with Crippen LogP contribution in [-0.2, 0) is 11.3 Å². The lowest BCUT2D eigenvalue weighted by molar-refractivity contribution is 0.0808. The molecule has 4 atom stereocenters. The second kappa shape index (κ2) is 8.57. The molecule has 2 bridgehead atoms. The topological polar surface area (TPSA) is 81.0 Å². The Balaban J connectivity index is 1.22. The van der Waals surface area contributed by atoms with Crippen molar-refractivity contribution in [3.8, 4) is 0 Å². The van der Waals surface area contributed by atoms with Gasteiger partial charge in [-0.25, -0.2) is 23.4 Å². The highest BCUT2D eigenvalue weighted by atomic mass is 19.1. The minimum absolute atomic E-state index is 0.275. The third-order valence-corrected chi connectivity index (χ3v) is 7.16. The largest absolute Gasteiger partial charge is 0.365 e. The summed E-state index contributed by atoms with van der Waals surface area (Å²) in [7, 11) is 0. The summed E-state index contributed by atoms with van der Waals surface area (Å²) in [5.41, 5.74) is 1.38. The van der Waals surface area contributed by atoms with E-state index in [1.807, 2.05) is 17.7 Å². The number of hydrogen-bond acceptors (Lipinski definition) is 7. The van der Waals surface area contributed by atoms with E-state index in [1.165, 1.54) is 12.1 Å². The summed E-state index contributed by atoms with van der Waals surface area (Å²) in [5, 5.41) is 8.30. The number of halogens is 2. The van der Waals surface area contributed by atoms with Gasteiger partial charge in [0, 0.05) is 50.1 Å². The van der Waals surface area contributed by atoms with Crippen molar-refractivity contribution in [3.05, 3.63) is 59.3 Å². The molecule has 4 heterocycles. The minimum Gasteiger partial charge on any atom is -0.365 e. The van der Waals surface area contributed by atoms with Crippen molar-refractivity contribution in [2.24, 2.45) is 11.8 Å². The molecule has 1 aromatic carbocycles. The van der Waals surface area contributed by atoms with Crippen LogP contribution in [0.4, 0.5) is 20.5 Å². The second-order valence-corrected chi connectivity index (χ2v) is 9.51. The van der Waals surface area contributed by atoms with Crippen molar-refractivity contribution in [2.75, 3.05) is 29.9 Å². The van der Waals surface area contributed by atoms with Crippen LogP contribution in [0.5, 0.6) is 0 Å². The first-order chi connectivity index (χ1) is 16.5. The lowest BCUT2D eigenvalue weighted by atomic mass is 9.92. The van der Waals surface area contributed by atoms with Crippen LogP contribution in [0, 0.1) is 30.4 Å². The first-order valence-corrected chi connectivity index (χ1v) is 11.9. The summed E-state index contributed by atoms with van der Waals surface area (Å²) >= 11 is 0. The van der Waals surface area contributed by atoms with Gasteiger partial charge in [-0.05, 0) is 55.7 Å². The van der Waals surface area contributed by atoms with Crippen LogP contribution in [0.3, 0.4) is 0 Å². The molecular formula is C24H27F2N7O. The molecule has 1 aliphatic carbocycles. The molecule has 2 fully saturated rings. The van der Waals surface area contributed by atoms with Crippen LogP contribution in [0.1, 0.15) is 42.4 Å². The third-order valence-electron chi connectivity index (χ3n) is 7.16. The van der Waals surface area contributed by atoms with Crippen LogP contribution in [-0.4, -0.2) is 50.5 Å². The number of aryl methyl sites for hydroxylation is 2. The van der Waals surface area contributed by atoms with Crippen molar-refractivity contribution in [2.45, 2.75) is 44.9 Å². The highest BCUT2D eigenvalue weighted by Crippen LogP contribution is 2.40. The summed E-state index contributed by atoms with van der Waals surface area (Å²) in [6.07, 6.45) is 4.01. The van der Waals surface area contributed by atoms with E-state index in [1.54, 1.807) is 6.33 Å². The van der Waals surface area contributed by atoms with Gasteiger partial charge in [0.15, 0.2) is 5.82 Å². The Hall–Kier alpha value is -3.14. The predicted octanol–water partition coefficient (Wildman–Crippen LogP) is 3.49. The Bertz CT molecular complexity index is 1170. The molecule has 0 radical (unpaired) electrons. The van der Waals surface area contributed by atoms with Gasteiger partial charge in [-0.2, -0.15) is 4.98 Å². The Labute approximate surface area is 196 Å². The first kappa shape index (κ1) is 21.4. The van der Waals surface area contributed by atoms with Crippen LogP contribution >= 0.6 is 0 Å². The fraction of sp³-hybridized carbons (Fsp3) is 0.500. The number of fused-ring (bicyclic) bond motifs is 3. The molecule has 178 valence electrons. The van der Waals surface area contributed by atoms with Gasteiger partial charge >= 0.3 is 0 Å². The molecule has 0 amide bonds. The molecule has 10 heteroatoms. The Morgan fingerprint density at radius 1 is 1.03 bits per heavy atom. The van der Waals surface area contributed by atoms with Gasteiger partial charge < -0.3 is 15.0 Å². The number of rotatable bonds is 4. The monoisotopic (exact) mass is 467 g/mol. The number of aromatic nitrogens is 5. The zero-order valence-electron chi connectivity index (χ0n) is 19.0. The molecule has 0 spiro atoms. The maximum absolute atomic E-state index is 13.9. The summed E-state index contributed by atoms with van der Waals surface area (Å²) in [6.45, 7) is 4.95. The first-order valence-electron chi connectivity index (χ1n) is 11.9. The molecule has 1 unspecified atom stereocenters. The zero-order chi connectivity index (χ0) is 23.2. The van der Waals surface area contributed by atoms with Crippen molar-refractivity contribution in [1.29, 1.82) is 0 Å². The zero-order valence-corrected chi connectivity index (χ0v) is 19.0. The Morgan fingerprint density at radius 2 is 1.79 bits per heavy atom. The van der Waals surface area contributed by atoms with Gasteiger partial charge in [0.2, 0.25) is 5.95 Å². The SMILES string of the molecule is Cc1cc(N2C[C@H]3CC[C@@H](C2)C3Nc2nc3n(n2)CCCO[C@H]3c2cc(F)cc(F)c2)ncn1. The van der Waals surface area contributed by atoms with Gasteiger partial charge in [0.25, 0.3) is 0 Å². The lowest BCUT2D eigenvalue weighted by Crippen LogP contribution is -2.48. The van der Waals surface area contributed by atoms with E-state index in [9.17, 15) is 8.78 Å². The Morgan fingerprint density at radius 3 is 2.53 bits per heavy atom. The van der Waals surface area contributed by atoms with Crippen molar-refractivity contribution >= 4 is 11.8 Å². The lowest BCUT2D eigenvalue weighted by Gasteiger charge is -2.38. The van der Waals surface area contributed by atoms with Crippen molar-refractivity contribution in [1.82, 2.24) is 24.7 Å². The molecule has 34 heavy (non-hydrogen) atoms. The standard InChI is InChI=1S/C24H27F2N7O/c1-14-7-20(28-13-27-14)32-11-15-3-4-16(12-32)21(15)29-24-30-23-22(34-6-2-5-33(23)31-24)17-8-18(25)10-19(26)9-17/h7-10,13,15-16,21-22H,2-6,11-12H2,1H3,(H,29,31)/t15-,16+,21?,22-/m0/s1. The van der Waals surface area contributed by atoms with Crippen LogP contribution in [0.2, 0.25) is 0 Å². The molecule has 2 aromatic heterocycles. The molecule has 3 aromatic rings. The highest BCUT2D eigenvalue weighted by molar-refractivity contribution is 5.42. The molecule has 1 saturated heterocycles. The normalized spacial score (nSPS) is 26.3. The van der Waals surface area contributed by atoms with E-state index < -0.39 is 17.7 Å². The number of nitrogens with one attached hydrogen (secondary N) is 1. The molecule has 6 rings (SSSR count). The van der Waals surface area contributed by atoms with Gasteiger partial charge in [0.1, 0.15) is 29.9 Å². The number of ether oxygens (including phenoxy) is 1. The highest BCUT2D eigenvalue weighted by Gasteiger charge is 2.43. The minimum atomic E-state index is -0.657. The predicted molar refractivity (Wildman–Crippen MR) is 121 cm³/mol. The molecule has 2 aliphatic heterocycles. The molecule has 1 saturated carbocycles. The summed E-state index contributed by atoms with van der Waals surface area (Å²) in [5.74, 6) is 1.77. The fourth-order valence-corrected chi connectivity index (χ4v) is 5.64.